The summed E-state index contributed by atoms with van der Waals surface area (Å²) in [6, 6.07) is 2.51. The number of aromatic nitrogens is 2. The molecule has 0 aromatic carbocycles. The Labute approximate surface area is 107 Å². The molecule has 98 valence electrons. The number of hydrogen-bond acceptors (Lipinski definition) is 6. The van der Waals surface area contributed by atoms with Gasteiger partial charge in [0.25, 0.3) is 0 Å². The predicted octanol–water partition coefficient (Wildman–Crippen LogP) is -0.421. The Balaban J connectivity index is 1.60. The first kappa shape index (κ1) is 11.7. The molecule has 0 atom stereocenters. The minimum absolute atomic E-state index is 0.630. The predicted molar refractivity (Wildman–Crippen MR) is 69.0 cm³/mol. The van der Waals surface area contributed by atoms with Crippen LogP contribution in [0.4, 0.5) is 5.95 Å². The highest BCUT2D eigenvalue weighted by Gasteiger charge is 2.28. The topological polar surface area (TPSA) is 53.5 Å². The molecule has 6 heteroatoms. The second-order valence-electron chi connectivity index (χ2n) is 4.73. The van der Waals surface area contributed by atoms with E-state index in [-0.39, 0.29) is 0 Å². The number of rotatable bonds is 3. The third kappa shape index (κ3) is 2.26. The fourth-order valence-electron chi connectivity index (χ4n) is 2.42. The summed E-state index contributed by atoms with van der Waals surface area (Å²) < 4.78 is 5.14. The van der Waals surface area contributed by atoms with E-state index in [1.165, 1.54) is 0 Å². The van der Waals surface area contributed by atoms with Crippen molar-refractivity contribution in [3.63, 3.8) is 0 Å². The molecule has 2 aliphatic rings. The Bertz CT molecular complexity index is 401. The Morgan fingerprint density at radius 2 is 2.06 bits per heavy atom. The van der Waals surface area contributed by atoms with Crippen LogP contribution in [-0.2, 0) is 0 Å². The van der Waals surface area contributed by atoms with Crippen molar-refractivity contribution in [3.05, 3.63) is 12.3 Å². The summed E-state index contributed by atoms with van der Waals surface area (Å²) in [5, 5.41) is 3.32. The molecule has 0 spiro atoms. The number of ether oxygens (including phenoxy) is 1. The minimum atomic E-state index is 0.630. The normalized spacial score (nSPS) is 21.7. The zero-order valence-electron chi connectivity index (χ0n) is 10.7. The Morgan fingerprint density at radius 1 is 1.28 bits per heavy atom. The summed E-state index contributed by atoms with van der Waals surface area (Å²) in [7, 11) is 1.63. The van der Waals surface area contributed by atoms with E-state index in [1.807, 2.05) is 0 Å². The standard InChI is InChI=1S/C12H19N5O/c1-18-11-2-3-14-12(15-11)17-6-4-16(5-7-17)10-8-13-9-10/h2-3,10,13H,4-9H2,1H3. The Hall–Kier alpha value is -1.40. The molecule has 6 nitrogen and oxygen atoms in total. The van der Waals surface area contributed by atoms with Crippen LogP contribution in [0.1, 0.15) is 0 Å². The monoisotopic (exact) mass is 249 g/mol. The molecule has 0 unspecified atom stereocenters. The van der Waals surface area contributed by atoms with Crippen molar-refractivity contribution in [2.24, 2.45) is 0 Å². The molecule has 2 aliphatic heterocycles. The molecule has 0 aliphatic carbocycles. The van der Waals surface area contributed by atoms with Crippen molar-refractivity contribution in [2.75, 3.05) is 51.3 Å². The van der Waals surface area contributed by atoms with E-state index in [2.05, 4.69) is 25.1 Å². The third-order valence-corrected chi connectivity index (χ3v) is 3.70. The van der Waals surface area contributed by atoms with E-state index in [1.54, 1.807) is 19.4 Å². The molecule has 3 heterocycles. The average Bonchev–Trinajstić information content (AvgIpc) is 2.38. The maximum Gasteiger partial charge on any atom is 0.228 e. The zero-order valence-corrected chi connectivity index (χ0v) is 10.7. The van der Waals surface area contributed by atoms with Gasteiger partial charge < -0.3 is 15.0 Å². The van der Waals surface area contributed by atoms with Crippen LogP contribution in [0.5, 0.6) is 5.88 Å². The van der Waals surface area contributed by atoms with E-state index in [0.29, 0.717) is 5.88 Å². The summed E-state index contributed by atoms with van der Waals surface area (Å²) in [5.41, 5.74) is 0. The highest BCUT2D eigenvalue weighted by Crippen LogP contribution is 2.16. The van der Waals surface area contributed by atoms with E-state index < -0.39 is 0 Å². The van der Waals surface area contributed by atoms with Crippen LogP contribution in [0.25, 0.3) is 0 Å². The van der Waals surface area contributed by atoms with Gasteiger partial charge in [-0.3, -0.25) is 4.90 Å². The van der Waals surface area contributed by atoms with Crippen molar-refractivity contribution in [1.82, 2.24) is 20.2 Å². The van der Waals surface area contributed by atoms with Gasteiger partial charge in [0.2, 0.25) is 11.8 Å². The van der Waals surface area contributed by atoms with Crippen LogP contribution >= 0.6 is 0 Å². The van der Waals surface area contributed by atoms with Gasteiger partial charge in [-0.25, -0.2) is 4.98 Å². The molecule has 1 aromatic rings. The van der Waals surface area contributed by atoms with Crippen molar-refractivity contribution in [2.45, 2.75) is 6.04 Å². The van der Waals surface area contributed by atoms with Crippen LogP contribution in [0.2, 0.25) is 0 Å². The molecule has 18 heavy (non-hydrogen) atoms. The molecule has 2 fully saturated rings. The number of nitrogens with zero attached hydrogens (tertiary/aromatic N) is 4. The quantitative estimate of drug-likeness (QED) is 0.785. The second-order valence-corrected chi connectivity index (χ2v) is 4.73. The number of hydrogen-bond donors (Lipinski definition) is 1. The highest BCUT2D eigenvalue weighted by molar-refractivity contribution is 5.32. The first-order valence-corrected chi connectivity index (χ1v) is 6.43. The van der Waals surface area contributed by atoms with Crippen LogP contribution in [0, 0.1) is 0 Å². The molecule has 3 rings (SSSR count). The van der Waals surface area contributed by atoms with E-state index in [0.717, 1.165) is 51.3 Å². The summed E-state index contributed by atoms with van der Waals surface area (Å²) in [4.78, 5) is 13.5. The fourth-order valence-corrected chi connectivity index (χ4v) is 2.42. The van der Waals surface area contributed by atoms with E-state index >= 15 is 0 Å². The first-order chi connectivity index (χ1) is 8.86. The molecule has 0 amide bonds. The van der Waals surface area contributed by atoms with Gasteiger partial charge in [0.05, 0.1) is 7.11 Å². The fraction of sp³-hybridized carbons (Fsp3) is 0.667. The lowest BCUT2D eigenvalue weighted by atomic mass is 10.1. The molecule has 2 saturated heterocycles. The number of nitrogens with one attached hydrogen (secondary N) is 1. The third-order valence-electron chi connectivity index (χ3n) is 3.70. The summed E-state index contributed by atoms with van der Waals surface area (Å²) in [6.45, 7) is 6.43. The SMILES string of the molecule is COc1ccnc(N2CCN(C3CNC3)CC2)n1. The van der Waals surface area contributed by atoms with Gasteiger partial charge in [-0.15, -0.1) is 0 Å². The van der Waals surface area contributed by atoms with Crippen molar-refractivity contribution in [3.8, 4) is 5.88 Å². The summed E-state index contributed by atoms with van der Waals surface area (Å²) in [5.74, 6) is 1.41. The lowest BCUT2D eigenvalue weighted by Gasteiger charge is -2.43. The molecular formula is C12H19N5O. The maximum absolute atomic E-state index is 5.14. The second kappa shape index (κ2) is 5.07. The molecule has 0 radical (unpaired) electrons. The molecule has 1 aromatic heterocycles. The maximum atomic E-state index is 5.14. The van der Waals surface area contributed by atoms with Gasteiger partial charge in [-0.2, -0.15) is 4.98 Å². The van der Waals surface area contributed by atoms with Gasteiger partial charge in [-0.05, 0) is 0 Å². The van der Waals surface area contributed by atoms with Gasteiger partial charge >= 0.3 is 0 Å². The van der Waals surface area contributed by atoms with Gasteiger partial charge in [0.15, 0.2) is 0 Å². The largest absolute Gasteiger partial charge is 0.481 e. The number of anilines is 1. The van der Waals surface area contributed by atoms with Crippen molar-refractivity contribution in [1.29, 1.82) is 0 Å². The molecule has 0 bridgehead atoms. The molecular weight excluding hydrogens is 230 g/mol. The van der Waals surface area contributed by atoms with Gasteiger partial charge in [0.1, 0.15) is 0 Å². The van der Waals surface area contributed by atoms with Crippen LogP contribution < -0.4 is 15.0 Å². The molecule has 1 N–H and O–H groups in total. The van der Waals surface area contributed by atoms with Crippen LogP contribution in [0.15, 0.2) is 12.3 Å². The summed E-state index contributed by atoms with van der Waals surface area (Å²) in [6.07, 6.45) is 1.75. The van der Waals surface area contributed by atoms with Crippen LogP contribution in [0.3, 0.4) is 0 Å². The highest BCUT2D eigenvalue weighted by atomic mass is 16.5. The molecule has 0 saturated carbocycles. The Morgan fingerprint density at radius 3 is 2.67 bits per heavy atom. The number of methoxy groups -OCH3 is 1. The van der Waals surface area contributed by atoms with Gasteiger partial charge in [-0.1, -0.05) is 0 Å². The van der Waals surface area contributed by atoms with Crippen LogP contribution in [-0.4, -0.2) is 67.3 Å². The number of piperazine rings is 1. The minimum Gasteiger partial charge on any atom is -0.481 e. The van der Waals surface area contributed by atoms with Crippen molar-refractivity contribution >= 4 is 5.95 Å². The lowest BCUT2D eigenvalue weighted by molar-refractivity contribution is 0.137. The Kier molecular flexibility index (Phi) is 3.29. The van der Waals surface area contributed by atoms with Crippen molar-refractivity contribution < 1.29 is 4.74 Å². The smallest absolute Gasteiger partial charge is 0.228 e. The zero-order chi connectivity index (χ0) is 12.4. The lowest BCUT2D eigenvalue weighted by Crippen LogP contribution is -2.61. The van der Waals surface area contributed by atoms with E-state index in [9.17, 15) is 0 Å². The average molecular weight is 249 g/mol. The first-order valence-electron chi connectivity index (χ1n) is 6.43. The van der Waals surface area contributed by atoms with Gasteiger partial charge in [0, 0.05) is 57.6 Å². The van der Waals surface area contributed by atoms with E-state index in [4.69, 9.17) is 4.74 Å². The summed E-state index contributed by atoms with van der Waals surface area (Å²) >= 11 is 0.